The van der Waals surface area contributed by atoms with E-state index in [0.717, 1.165) is 6.07 Å². The van der Waals surface area contributed by atoms with E-state index >= 15 is 0 Å². The van der Waals surface area contributed by atoms with Gasteiger partial charge in [-0.3, -0.25) is 4.90 Å². The van der Waals surface area contributed by atoms with Crippen molar-refractivity contribution in [3.63, 3.8) is 0 Å². The van der Waals surface area contributed by atoms with E-state index in [9.17, 15) is 13.2 Å². The first-order valence-electron chi connectivity index (χ1n) is 6.30. The fourth-order valence-electron chi connectivity index (χ4n) is 2.05. The highest BCUT2D eigenvalue weighted by Crippen LogP contribution is 2.16. The van der Waals surface area contributed by atoms with E-state index in [2.05, 4.69) is 0 Å². The van der Waals surface area contributed by atoms with Crippen molar-refractivity contribution in [2.45, 2.75) is 13.1 Å². The van der Waals surface area contributed by atoms with Crippen molar-refractivity contribution in [3.05, 3.63) is 70.5 Å². The Morgan fingerprint density at radius 3 is 2.33 bits per heavy atom. The topological polar surface area (TPSA) is 27.0 Å². The lowest BCUT2D eigenvalue weighted by Gasteiger charge is -2.17. The first-order chi connectivity index (χ1) is 9.99. The highest BCUT2D eigenvalue weighted by molar-refractivity contribution is 5.33. The fourth-order valence-corrected chi connectivity index (χ4v) is 2.05. The van der Waals surface area contributed by atoms with Gasteiger partial charge in [0.05, 0.1) is 11.6 Å². The summed E-state index contributed by atoms with van der Waals surface area (Å²) in [6, 6.07) is 9.42. The number of halogens is 3. The van der Waals surface area contributed by atoms with Gasteiger partial charge in [0.2, 0.25) is 0 Å². The van der Waals surface area contributed by atoms with Crippen LogP contribution in [0.3, 0.4) is 0 Å². The van der Waals surface area contributed by atoms with Crippen LogP contribution >= 0.6 is 0 Å². The normalized spacial score (nSPS) is 10.7. The predicted octanol–water partition coefficient (Wildman–Crippen LogP) is 3.61. The Balaban J connectivity index is 2.11. The molecule has 0 aliphatic heterocycles. The molecular formula is C16H13F3N2. The zero-order valence-electron chi connectivity index (χ0n) is 11.4. The van der Waals surface area contributed by atoms with E-state index in [1.54, 1.807) is 11.9 Å². The van der Waals surface area contributed by atoms with E-state index in [0.29, 0.717) is 16.7 Å². The molecular weight excluding hydrogens is 277 g/mol. The van der Waals surface area contributed by atoms with Crippen LogP contribution < -0.4 is 0 Å². The number of rotatable bonds is 4. The minimum Gasteiger partial charge on any atom is -0.298 e. The van der Waals surface area contributed by atoms with Crippen LogP contribution in [0.15, 0.2) is 36.4 Å². The molecule has 2 nitrogen and oxygen atoms in total. The summed E-state index contributed by atoms with van der Waals surface area (Å²) in [4.78, 5) is 1.69. The lowest BCUT2D eigenvalue weighted by Crippen LogP contribution is -2.19. The maximum Gasteiger partial charge on any atom is 0.130 e. The predicted molar refractivity (Wildman–Crippen MR) is 72.6 cm³/mol. The van der Waals surface area contributed by atoms with Gasteiger partial charge in [0.25, 0.3) is 0 Å². The molecule has 2 aromatic carbocycles. The van der Waals surface area contributed by atoms with Crippen molar-refractivity contribution in [2.24, 2.45) is 0 Å². The van der Waals surface area contributed by atoms with Crippen LogP contribution in [-0.2, 0) is 13.1 Å². The van der Waals surface area contributed by atoms with E-state index in [4.69, 9.17) is 5.26 Å². The van der Waals surface area contributed by atoms with Crippen LogP contribution in [0, 0.1) is 28.8 Å². The van der Waals surface area contributed by atoms with Gasteiger partial charge in [-0.2, -0.15) is 5.26 Å². The number of hydrogen-bond donors (Lipinski definition) is 0. The Hall–Kier alpha value is -2.32. The molecule has 21 heavy (non-hydrogen) atoms. The van der Waals surface area contributed by atoms with Crippen LogP contribution in [0.4, 0.5) is 13.2 Å². The van der Waals surface area contributed by atoms with Crippen molar-refractivity contribution >= 4 is 0 Å². The maximum absolute atomic E-state index is 13.7. The molecule has 0 fully saturated rings. The standard InChI is InChI=1S/C16H13F3N2/c1-21(9-12-3-4-14(17)7-16(12)19)10-13-6-11(8-20)2-5-15(13)18/h2-7H,9-10H2,1H3. The van der Waals surface area contributed by atoms with Crippen LogP contribution in [-0.4, -0.2) is 11.9 Å². The Morgan fingerprint density at radius 2 is 1.67 bits per heavy atom. The number of nitriles is 1. The van der Waals surface area contributed by atoms with Gasteiger partial charge in [0.1, 0.15) is 17.5 Å². The SMILES string of the molecule is CN(Cc1ccc(F)cc1F)Cc1cc(C#N)ccc1F. The first kappa shape index (κ1) is 15.1. The average Bonchev–Trinajstić information content (AvgIpc) is 2.44. The number of nitrogens with zero attached hydrogens (tertiary/aromatic N) is 2. The van der Waals surface area contributed by atoms with E-state index in [1.807, 2.05) is 6.07 Å². The Bertz CT molecular complexity index is 692. The first-order valence-corrected chi connectivity index (χ1v) is 6.30. The van der Waals surface area contributed by atoms with Crippen LogP contribution in [0.2, 0.25) is 0 Å². The molecule has 0 aliphatic rings. The summed E-state index contributed by atoms with van der Waals surface area (Å²) < 4.78 is 40.1. The van der Waals surface area contributed by atoms with E-state index in [1.165, 1.54) is 30.3 Å². The molecule has 2 aromatic rings. The van der Waals surface area contributed by atoms with Gasteiger partial charge in [0, 0.05) is 30.3 Å². The van der Waals surface area contributed by atoms with E-state index in [-0.39, 0.29) is 13.1 Å². The summed E-state index contributed by atoms with van der Waals surface area (Å²) in [6.07, 6.45) is 0. The highest BCUT2D eigenvalue weighted by Gasteiger charge is 2.10. The molecule has 0 saturated heterocycles. The van der Waals surface area contributed by atoms with E-state index < -0.39 is 17.5 Å². The molecule has 0 bridgehead atoms. The number of hydrogen-bond acceptors (Lipinski definition) is 2. The molecule has 0 amide bonds. The van der Waals surface area contributed by atoms with Gasteiger partial charge < -0.3 is 0 Å². The Morgan fingerprint density at radius 1 is 0.952 bits per heavy atom. The van der Waals surface area contributed by atoms with Gasteiger partial charge >= 0.3 is 0 Å². The second-order valence-electron chi connectivity index (χ2n) is 4.83. The lowest BCUT2D eigenvalue weighted by molar-refractivity contribution is 0.308. The third-order valence-electron chi connectivity index (χ3n) is 3.07. The summed E-state index contributed by atoms with van der Waals surface area (Å²) in [6.45, 7) is 0.431. The molecule has 0 spiro atoms. The van der Waals surface area contributed by atoms with Crippen molar-refractivity contribution < 1.29 is 13.2 Å². The summed E-state index contributed by atoms with van der Waals surface area (Å²) in [5.74, 6) is -1.68. The molecule has 2 rings (SSSR count). The van der Waals surface area contributed by atoms with Gasteiger partial charge in [-0.1, -0.05) is 6.07 Å². The minimum atomic E-state index is -0.633. The van der Waals surface area contributed by atoms with Gasteiger partial charge in [-0.15, -0.1) is 0 Å². The third kappa shape index (κ3) is 3.83. The summed E-state index contributed by atoms with van der Waals surface area (Å²) in [5, 5.41) is 8.81. The lowest BCUT2D eigenvalue weighted by atomic mass is 10.1. The fraction of sp³-hybridized carbons (Fsp3) is 0.188. The molecule has 0 aliphatic carbocycles. The Kier molecular flexibility index (Phi) is 4.61. The molecule has 0 unspecified atom stereocenters. The molecule has 0 N–H and O–H groups in total. The zero-order valence-corrected chi connectivity index (χ0v) is 11.4. The van der Waals surface area contributed by atoms with Crippen LogP contribution in [0.1, 0.15) is 16.7 Å². The monoisotopic (exact) mass is 290 g/mol. The van der Waals surface area contributed by atoms with Crippen LogP contribution in [0.25, 0.3) is 0 Å². The van der Waals surface area contributed by atoms with Gasteiger partial charge in [0.15, 0.2) is 0 Å². The molecule has 0 aromatic heterocycles. The largest absolute Gasteiger partial charge is 0.298 e. The molecule has 0 saturated carbocycles. The van der Waals surface area contributed by atoms with Crippen molar-refractivity contribution in [1.82, 2.24) is 4.90 Å². The van der Waals surface area contributed by atoms with Crippen molar-refractivity contribution in [3.8, 4) is 6.07 Å². The van der Waals surface area contributed by atoms with Gasteiger partial charge in [-0.05, 0) is 31.3 Å². The van der Waals surface area contributed by atoms with Crippen molar-refractivity contribution in [2.75, 3.05) is 7.05 Å². The minimum absolute atomic E-state index is 0.211. The summed E-state index contributed by atoms with van der Waals surface area (Å²) >= 11 is 0. The summed E-state index contributed by atoms with van der Waals surface area (Å²) in [5.41, 5.74) is 1.06. The van der Waals surface area contributed by atoms with Crippen LogP contribution in [0.5, 0.6) is 0 Å². The average molecular weight is 290 g/mol. The number of benzene rings is 2. The zero-order chi connectivity index (χ0) is 15.4. The second kappa shape index (κ2) is 6.42. The molecule has 5 heteroatoms. The highest BCUT2D eigenvalue weighted by atomic mass is 19.1. The van der Waals surface area contributed by atoms with Gasteiger partial charge in [-0.25, -0.2) is 13.2 Å². The molecule has 0 heterocycles. The quantitative estimate of drug-likeness (QED) is 0.860. The molecule has 108 valence electrons. The Labute approximate surface area is 121 Å². The second-order valence-corrected chi connectivity index (χ2v) is 4.83. The maximum atomic E-state index is 13.7. The summed E-state index contributed by atoms with van der Waals surface area (Å²) in [7, 11) is 1.70. The smallest absolute Gasteiger partial charge is 0.130 e. The molecule has 0 atom stereocenters. The molecule has 0 radical (unpaired) electrons. The third-order valence-corrected chi connectivity index (χ3v) is 3.07. The van der Waals surface area contributed by atoms with Crippen molar-refractivity contribution in [1.29, 1.82) is 5.26 Å².